The van der Waals surface area contributed by atoms with E-state index in [0.29, 0.717) is 5.02 Å². The summed E-state index contributed by atoms with van der Waals surface area (Å²) in [5.74, 6) is 0. The minimum atomic E-state index is -0.390. The molecule has 2 N–H and O–H groups in total. The molecule has 2 heterocycles. The molecule has 20 heavy (non-hydrogen) atoms. The van der Waals surface area contributed by atoms with E-state index >= 15 is 0 Å². The fourth-order valence-electron chi connectivity index (χ4n) is 2.44. The number of fused-ring (bicyclic) bond motifs is 1. The van der Waals surface area contributed by atoms with Crippen molar-refractivity contribution in [2.45, 2.75) is 13.0 Å². The zero-order valence-corrected chi connectivity index (χ0v) is 12.1. The molecule has 102 valence electrons. The van der Waals surface area contributed by atoms with Crippen LogP contribution in [0.5, 0.6) is 0 Å². The molecule has 1 aromatic carbocycles. The van der Waals surface area contributed by atoms with Crippen LogP contribution in [0.4, 0.5) is 0 Å². The highest BCUT2D eigenvalue weighted by molar-refractivity contribution is 6.31. The minimum absolute atomic E-state index is 0.390. The van der Waals surface area contributed by atoms with Gasteiger partial charge in [0.05, 0.1) is 34.2 Å². The van der Waals surface area contributed by atoms with Gasteiger partial charge in [0.2, 0.25) is 0 Å². The quantitative estimate of drug-likeness (QED) is 0.788. The van der Waals surface area contributed by atoms with Gasteiger partial charge < -0.3 is 5.73 Å². The predicted molar refractivity (Wildman–Crippen MR) is 80.7 cm³/mol. The number of hydrogen-bond donors (Lipinski definition) is 1. The monoisotopic (exact) mass is 286 g/mol. The standard InChI is InChI=1S/C15H15ClN4/c1-9-7-13(19-12-6-4-3-5-10(9)12)14(17)15-11(16)8-18-20(15)2/h3-8,14H,17H2,1-2H3. The second-order valence-electron chi connectivity index (χ2n) is 4.86. The van der Waals surface area contributed by atoms with Crippen LogP contribution in [0.3, 0.4) is 0 Å². The number of rotatable bonds is 2. The number of benzene rings is 1. The first-order valence-corrected chi connectivity index (χ1v) is 6.75. The zero-order chi connectivity index (χ0) is 14.3. The number of pyridine rings is 1. The molecular formula is C15H15ClN4. The van der Waals surface area contributed by atoms with Gasteiger partial charge in [-0.15, -0.1) is 0 Å². The third-order valence-electron chi connectivity index (χ3n) is 3.49. The van der Waals surface area contributed by atoms with Gasteiger partial charge in [-0.3, -0.25) is 9.67 Å². The van der Waals surface area contributed by atoms with Gasteiger partial charge in [-0.05, 0) is 24.6 Å². The van der Waals surface area contributed by atoms with E-state index in [2.05, 4.69) is 23.1 Å². The molecule has 0 aliphatic carbocycles. The zero-order valence-electron chi connectivity index (χ0n) is 11.3. The lowest BCUT2D eigenvalue weighted by Crippen LogP contribution is -2.18. The first-order chi connectivity index (χ1) is 9.58. The highest BCUT2D eigenvalue weighted by Crippen LogP contribution is 2.27. The summed E-state index contributed by atoms with van der Waals surface area (Å²) in [6.07, 6.45) is 1.60. The van der Waals surface area contributed by atoms with Gasteiger partial charge in [0.1, 0.15) is 0 Å². The fourth-order valence-corrected chi connectivity index (χ4v) is 2.73. The Bertz CT molecular complexity index is 759. The van der Waals surface area contributed by atoms with Gasteiger partial charge in [-0.1, -0.05) is 29.8 Å². The van der Waals surface area contributed by atoms with Gasteiger partial charge in [0, 0.05) is 12.4 Å². The van der Waals surface area contributed by atoms with Crippen LogP contribution in [-0.2, 0) is 7.05 Å². The van der Waals surface area contributed by atoms with Crippen molar-refractivity contribution >= 4 is 22.5 Å². The van der Waals surface area contributed by atoms with Crippen LogP contribution in [0.1, 0.15) is 23.0 Å². The average molecular weight is 287 g/mol. The highest BCUT2D eigenvalue weighted by atomic mass is 35.5. The van der Waals surface area contributed by atoms with Crippen LogP contribution >= 0.6 is 11.6 Å². The predicted octanol–water partition coefficient (Wildman–Crippen LogP) is 2.98. The van der Waals surface area contributed by atoms with Crippen LogP contribution < -0.4 is 5.73 Å². The minimum Gasteiger partial charge on any atom is -0.318 e. The molecule has 0 aliphatic heterocycles. The summed E-state index contributed by atoms with van der Waals surface area (Å²) in [7, 11) is 1.83. The van der Waals surface area contributed by atoms with Crippen molar-refractivity contribution in [3.05, 3.63) is 58.5 Å². The molecule has 5 heteroatoms. The molecule has 0 aliphatic rings. The molecule has 2 aromatic heterocycles. The number of aryl methyl sites for hydroxylation is 2. The highest BCUT2D eigenvalue weighted by Gasteiger charge is 2.19. The Labute approximate surface area is 122 Å². The normalized spacial score (nSPS) is 12.8. The van der Waals surface area contributed by atoms with Gasteiger partial charge in [-0.25, -0.2) is 0 Å². The van der Waals surface area contributed by atoms with Crippen molar-refractivity contribution in [2.75, 3.05) is 0 Å². The average Bonchev–Trinajstić information content (AvgIpc) is 2.77. The van der Waals surface area contributed by atoms with E-state index in [9.17, 15) is 0 Å². The van der Waals surface area contributed by atoms with E-state index in [-0.39, 0.29) is 0 Å². The van der Waals surface area contributed by atoms with Crippen molar-refractivity contribution in [2.24, 2.45) is 12.8 Å². The van der Waals surface area contributed by atoms with Gasteiger partial charge in [0.25, 0.3) is 0 Å². The van der Waals surface area contributed by atoms with Crippen LogP contribution in [-0.4, -0.2) is 14.8 Å². The summed E-state index contributed by atoms with van der Waals surface area (Å²) in [4.78, 5) is 4.65. The molecule has 0 saturated heterocycles. The molecule has 1 atom stereocenters. The maximum atomic E-state index is 6.31. The maximum absolute atomic E-state index is 6.31. The number of halogens is 1. The largest absolute Gasteiger partial charge is 0.318 e. The Morgan fingerprint density at radius 3 is 2.75 bits per heavy atom. The van der Waals surface area contributed by atoms with Crippen molar-refractivity contribution < 1.29 is 0 Å². The first kappa shape index (κ1) is 13.1. The Morgan fingerprint density at radius 1 is 1.30 bits per heavy atom. The molecule has 0 radical (unpaired) electrons. The topological polar surface area (TPSA) is 56.7 Å². The van der Waals surface area contributed by atoms with Gasteiger partial charge >= 0.3 is 0 Å². The molecule has 0 saturated carbocycles. The molecular weight excluding hydrogens is 272 g/mol. The van der Waals surface area contributed by atoms with E-state index in [1.807, 2.05) is 31.3 Å². The summed E-state index contributed by atoms with van der Waals surface area (Å²) in [6, 6.07) is 9.65. The van der Waals surface area contributed by atoms with Crippen LogP contribution in [0.25, 0.3) is 10.9 Å². The van der Waals surface area contributed by atoms with Crippen LogP contribution in [0.2, 0.25) is 5.02 Å². The molecule has 1 unspecified atom stereocenters. The van der Waals surface area contributed by atoms with Crippen molar-refractivity contribution in [1.82, 2.24) is 14.8 Å². The number of aromatic nitrogens is 3. The number of nitrogens with zero attached hydrogens (tertiary/aromatic N) is 3. The number of hydrogen-bond acceptors (Lipinski definition) is 3. The first-order valence-electron chi connectivity index (χ1n) is 6.37. The Kier molecular flexibility index (Phi) is 3.20. The number of nitrogens with two attached hydrogens (primary N) is 1. The summed E-state index contributed by atoms with van der Waals surface area (Å²) in [5.41, 5.74) is 9.98. The van der Waals surface area contributed by atoms with E-state index in [1.54, 1.807) is 10.9 Å². The third-order valence-corrected chi connectivity index (χ3v) is 3.78. The van der Waals surface area contributed by atoms with Crippen molar-refractivity contribution in [3.8, 4) is 0 Å². The number of para-hydroxylation sites is 1. The smallest absolute Gasteiger partial charge is 0.0912 e. The van der Waals surface area contributed by atoms with Crippen LogP contribution in [0, 0.1) is 6.92 Å². The Hall–Kier alpha value is -1.91. The van der Waals surface area contributed by atoms with Crippen molar-refractivity contribution in [1.29, 1.82) is 0 Å². The van der Waals surface area contributed by atoms with E-state index in [1.165, 1.54) is 0 Å². The lowest BCUT2D eigenvalue weighted by atomic mass is 10.0. The Balaban J connectivity index is 2.15. The summed E-state index contributed by atoms with van der Waals surface area (Å²) in [5, 5.41) is 5.83. The molecule has 0 fully saturated rings. The van der Waals surface area contributed by atoms with Crippen molar-refractivity contribution in [3.63, 3.8) is 0 Å². The lowest BCUT2D eigenvalue weighted by Gasteiger charge is -2.14. The summed E-state index contributed by atoms with van der Waals surface area (Å²) in [6.45, 7) is 2.06. The van der Waals surface area contributed by atoms with Crippen LogP contribution in [0.15, 0.2) is 36.5 Å². The summed E-state index contributed by atoms with van der Waals surface area (Å²) >= 11 is 6.16. The SMILES string of the molecule is Cc1cc(C(N)c2c(Cl)cnn2C)nc2ccccc12. The van der Waals surface area contributed by atoms with E-state index in [4.69, 9.17) is 17.3 Å². The van der Waals surface area contributed by atoms with E-state index < -0.39 is 6.04 Å². The van der Waals surface area contributed by atoms with E-state index in [0.717, 1.165) is 27.9 Å². The second kappa shape index (κ2) is 4.89. The lowest BCUT2D eigenvalue weighted by molar-refractivity contribution is 0.665. The summed E-state index contributed by atoms with van der Waals surface area (Å²) < 4.78 is 1.69. The van der Waals surface area contributed by atoms with Gasteiger partial charge in [-0.2, -0.15) is 5.10 Å². The fraction of sp³-hybridized carbons (Fsp3) is 0.200. The maximum Gasteiger partial charge on any atom is 0.0912 e. The van der Waals surface area contributed by atoms with Gasteiger partial charge in [0.15, 0.2) is 0 Å². The molecule has 3 rings (SSSR count). The molecule has 0 amide bonds. The Morgan fingerprint density at radius 2 is 2.05 bits per heavy atom. The molecule has 0 spiro atoms. The molecule has 3 aromatic rings. The molecule has 4 nitrogen and oxygen atoms in total. The second-order valence-corrected chi connectivity index (χ2v) is 5.27. The molecule has 0 bridgehead atoms. The third kappa shape index (κ3) is 2.07.